The van der Waals surface area contributed by atoms with E-state index in [1.807, 2.05) is 25.1 Å². The molecule has 2 aromatic rings. The summed E-state index contributed by atoms with van der Waals surface area (Å²) in [5, 5.41) is 3.73. The van der Waals surface area contributed by atoms with Crippen LogP contribution in [0.3, 0.4) is 0 Å². The third-order valence-electron chi connectivity index (χ3n) is 6.77. The Morgan fingerprint density at radius 2 is 1.88 bits per heavy atom. The van der Waals surface area contributed by atoms with Crippen LogP contribution in [0.2, 0.25) is 0 Å². The van der Waals surface area contributed by atoms with E-state index >= 15 is 0 Å². The molecule has 4 nitrogen and oxygen atoms in total. The first-order valence-corrected chi connectivity index (χ1v) is 13.2. The molecule has 0 radical (unpaired) electrons. The molecule has 0 aromatic heterocycles. The summed E-state index contributed by atoms with van der Waals surface area (Å²) in [6.45, 7) is 3.20. The maximum absolute atomic E-state index is 13.5. The molecular weight excluding hydrogens is 449 g/mol. The lowest BCUT2D eigenvalue weighted by Crippen LogP contribution is -2.49. The molecule has 1 heterocycles. The van der Waals surface area contributed by atoms with E-state index in [1.54, 1.807) is 12.1 Å². The first-order chi connectivity index (χ1) is 14.9. The summed E-state index contributed by atoms with van der Waals surface area (Å²) < 4.78 is 43.3. The number of fused-ring (bicyclic) bond motifs is 1. The summed E-state index contributed by atoms with van der Waals surface area (Å²) in [4.78, 5) is 0. The molecule has 1 unspecified atom stereocenters. The highest BCUT2D eigenvalue weighted by Crippen LogP contribution is 2.53. The van der Waals surface area contributed by atoms with Crippen molar-refractivity contribution in [3.8, 4) is 5.75 Å². The summed E-state index contributed by atoms with van der Waals surface area (Å²) in [7, 11) is -2.97. The lowest BCUT2D eigenvalue weighted by atomic mass is 9.58. The van der Waals surface area contributed by atoms with Crippen molar-refractivity contribution < 1.29 is 17.5 Å². The van der Waals surface area contributed by atoms with Gasteiger partial charge in [0.25, 0.3) is 0 Å². The molecule has 0 bridgehead atoms. The first-order valence-electron chi connectivity index (χ1n) is 11.4. The average molecular weight is 482 g/mol. The standard InChI is InChI=1S/C25H32FNO3S.ClH/c1-2-16-31(28,29)17-4-15-30-22-10-5-19-11-14-27-24(23(19)18-22)25(12-3-13-25)20-6-8-21(26)9-7-20;/h5-10,18,24,27H,2-4,11-17H2,1H3;1H. The highest BCUT2D eigenvalue weighted by atomic mass is 35.5. The molecule has 1 atom stereocenters. The van der Waals surface area contributed by atoms with Crippen LogP contribution in [0, 0.1) is 5.82 Å². The summed E-state index contributed by atoms with van der Waals surface area (Å²) in [5.74, 6) is 0.995. The second-order valence-electron chi connectivity index (χ2n) is 8.87. The Kier molecular flexibility index (Phi) is 8.23. The molecule has 0 spiro atoms. The molecule has 1 N–H and O–H groups in total. The predicted molar refractivity (Wildman–Crippen MR) is 129 cm³/mol. The molecule has 1 aliphatic carbocycles. The highest BCUT2D eigenvalue weighted by molar-refractivity contribution is 7.91. The maximum atomic E-state index is 13.5. The van der Waals surface area contributed by atoms with Crippen molar-refractivity contribution in [2.75, 3.05) is 24.7 Å². The Morgan fingerprint density at radius 1 is 1.12 bits per heavy atom. The van der Waals surface area contributed by atoms with Crippen molar-refractivity contribution in [3.05, 3.63) is 65.0 Å². The Balaban J connectivity index is 0.00000289. The molecule has 1 aliphatic heterocycles. The summed E-state index contributed by atoms with van der Waals surface area (Å²) in [5.41, 5.74) is 3.76. The van der Waals surface area contributed by atoms with Gasteiger partial charge in [0.2, 0.25) is 0 Å². The Morgan fingerprint density at radius 3 is 2.53 bits per heavy atom. The molecule has 4 rings (SSSR count). The van der Waals surface area contributed by atoms with Crippen LogP contribution in [0.1, 0.15) is 61.8 Å². The zero-order valence-corrected chi connectivity index (χ0v) is 20.2. The van der Waals surface area contributed by atoms with Crippen molar-refractivity contribution >= 4 is 22.2 Å². The number of hydrogen-bond acceptors (Lipinski definition) is 4. The maximum Gasteiger partial charge on any atom is 0.150 e. The highest BCUT2D eigenvalue weighted by Gasteiger charge is 2.47. The van der Waals surface area contributed by atoms with Crippen LogP contribution in [0.25, 0.3) is 0 Å². The van der Waals surface area contributed by atoms with Crippen LogP contribution in [0.15, 0.2) is 42.5 Å². The topological polar surface area (TPSA) is 55.4 Å². The molecular formula is C25H33ClFNO3S. The van der Waals surface area contributed by atoms with Gasteiger partial charge in [0.15, 0.2) is 0 Å². The van der Waals surface area contributed by atoms with Gasteiger partial charge >= 0.3 is 0 Å². The van der Waals surface area contributed by atoms with Gasteiger partial charge in [-0.25, -0.2) is 12.8 Å². The van der Waals surface area contributed by atoms with Crippen molar-refractivity contribution in [2.45, 2.75) is 56.9 Å². The van der Waals surface area contributed by atoms with Gasteiger partial charge in [0.1, 0.15) is 21.4 Å². The van der Waals surface area contributed by atoms with Gasteiger partial charge in [0.05, 0.1) is 12.4 Å². The molecule has 0 saturated heterocycles. The van der Waals surface area contributed by atoms with E-state index in [0.29, 0.717) is 19.4 Å². The van der Waals surface area contributed by atoms with Gasteiger partial charge in [-0.1, -0.05) is 31.5 Å². The van der Waals surface area contributed by atoms with E-state index < -0.39 is 9.84 Å². The van der Waals surface area contributed by atoms with Gasteiger partial charge in [-0.2, -0.15) is 0 Å². The van der Waals surface area contributed by atoms with Gasteiger partial charge < -0.3 is 10.1 Å². The lowest BCUT2D eigenvalue weighted by molar-refractivity contribution is 0.164. The Bertz CT molecular complexity index is 1010. The number of sulfone groups is 1. The fourth-order valence-corrected chi connectivity index (χ4v) is 6.46. The third-order valence-corrected chi connectivity index (χ3v) is 8.71. The number of benzene rings is 2. The first kappa shape index (κ1) is 25.0. The van der Waals surface area contributed by atoms with E-state index in [9.17, 15) is 12.8 Å². The van der Waals surface area contributed by atoms with Crippen LogP contribution >= 0.6 is 12.4 Å². The van der Waals surface area contributed by atoms with Crippen LogP contribution in [-0.2, 0) is 21.7 Å². The largest absolute Gasteiger partial charge is 0.494 e. The van der Waals surface area contributed by atoms with Crippen molar-refractivity contribution in [1.82, 2.24) is 5.32 Å². The van der Waals surface area contributed by atoms with Crippen molar-refractivity contribution in [2.24, 2.45) is 0 Å². The van der Waals surface area contributed by atoms with Gasteiger partial charge in [0, 0.05) is 17.2 Å². The zero-order valence-electron chi connectivity index (χ0n) is 18.6. The number of halogens is 2. The quantitative estimate of drug-likeness (QED) is 0.503. The number of ether oxygens (including phenoxy) is 1. The summed E-state index contributed by atoms with van der Waals surface area (Å²) in [6, 6.07) is 13.4. The van der Waals surface area contributed by atoms with E-state index in [-0.39, 0.29) is 41.2 Å². The van der Waals surface area contributed by atoms with E-state index in [1.165, 1.54) is 23.1 Å². The smallest absolute Gasteiger partial charge is 0.150 e. The van der Waals surface area contributed by atoms with Crippen LogP contribution in [0.5, 0.6) is 5.75 Å². The Labute approximate surface area is 197 Å². The minimum absolute atomic E-state index is 0. The normalized spacial score (nSPS) is 19.4. The molecule has 2 aliphatic rings. The van der Waals surface area contributed by atoms with Crippen LogP contribution < -0.4 is 10.1 Å². The Hall–Kier alpha value is -1.63. The number of rotatable bonds is 9. The molecule has 1 saturated carbocycles. The second-order valence-corrected chi connectivity index (χ2v) is 11.2. The van der Waals surface area contributed by atoms with Gasteiger partial charge in [-0.15, -0.1) is 12.4 Å². The van der Waals surface area contributed by atoms with E-state index in [4.69, 9.17) is 4.74 Å². The SMILES string of the molecule is CCCS(=O)(=O)CCCOc1ccc2c(c1)C(C1(c3ccc(F)cc3)CCC1)NCC2.Cl. The number of hydrogen-bond donors (Lipinski definition) is 1. The van der Waals surface area contributed by atoms with Crippen LogP contribution in [0.4, 0.5) is 4.39 Å². The molecule has 1 fully saturated rings. The van der Waals surface area contributed by atoms with Crippen LogP contribution in [-0.4, -0.2) is 33.1 Å². The molecule has 7 heteroatoms. The summed E-state index contributed by atoms with van der Waals surface area (Å²) in [6.07, 6.45) is 5.46. The molecule has 176 valence electrons. The minimum Gasteiger partial charge on any atom is -0.494 e. The minimum atomic E-state index is -2.97. The number of nitrogens with one attached hydrogen (secondary N) is 1. The summed E-state index contributed by atoms with van der Waals surface area (Å²) >= 11 is 0. The lowest BCUT2D eigenvalue weighted by Gasteiger charge is -2.50. The fourth-order valence-electron chi connectivity index (χ4n) is 5.08. The van der Waals surface area contributed by atoms with Gasteiger partial charge in [-0.3, -0.25) is 0 Å². The van der Waals surface area contributed by atoms with Crippen molar-refractivity contribution in [1.29, 1.82) is 0 Å². The zero-order chi connectivity index (χ0) is 21.9. The second kappa shape index (κ2) is 10.5. The molecule has 2 aromatic carbocycles. The van der Waals surface area contributed by atoms with Gasteiger partial charge in [-0.05, 0) is 79.6 Å². The predicted octanol–water partition coefficient (Wildman–Crippen LogP) is 5.15. The third kappa shape index (κ3) is 5.29. The fraction of sp³-hybridized carbons (Fsp3) is 0.520. The monoisotopic (exact) mass is 481 g/mol. The molecule has 0 amide bonds. The van der Waals surface area contributed by atoms with Crippen molar-refractivity contribution in [3.63, 3.8) is 0 Å². The average Bonchev–Trinajstić information content (AvgIpc) is 2.72. The van der Waals surface area contributed by atoms with E-state index in [2.05, 4.69) is 17.4 Å². The molecule has 32 heavy (non-hydrogen) atoms. The van der Waals surface area contributed by atoms with E-state index in [0.717, 1.165) is 31.6 Å².